The van der Waals surface area contributed by atoms with Crippen LogP contribution in [0.5, 0.6) is 0 Å². The molecule has 0 saturated heterocycles. The summed E-state index contributed by atoms with van der Waals surface area (Å²) in [5.41, 5.74) is 5.00. The fourth-order valence-corrected chi connectivity index (χ4v) is 4.74. The molecular weight excluding hydrogens is 440 g/mol. The number of aliphatic imine (C=N–C) groups is 1. The number of aryl methyl sites for hydroxylation is 1. The molecule has 0 aliphatic heterocycles. The molecule has 0 spiro atoms. The lowest BCUT2D eigenvalue weighted by Gasteiger charge is -2.19. The summed E-state index contributed by atoms with van der Waals surface area (Å²) < 4.78 is 1.84. The van der Waals surface area contributed by atoms with E-state index in [0.717, 1.165) is 73.3 Å². The average molecular weight is 473 g/mol. The molecule has 3 aromatic rings. The second kappa shape index (κ2) is 9.07. The van der Waals surface area contributed by atoms with Gasteiger partial charge in [-0.2, -0.15) is 9.61 Å². The zero-order chi connectivity index (χ0) is 23.9. The Morgan fingerprint density at radius 3 is 2.77 bits per heavy atom. The van der Waals surface area contributed by atoms with Gasteiger partial charge in [-0.15, -0.1) is 0 Å². The van der Waals surface area contributed by atoms with Crippen molar-refractivity contribution < 1.29 is 9.90 Å². The highest BCUT2D eigenvalue weighted by molar-refractivity contribution is 5.97. The summed E-state index contributed by atoms with van der Waals surface area (Å²) in [5, 5.41) is 21.7. The van der Waals surface area contributed by atoms with Crippen LogP contribution < -0.4 is 10.6 Å². The first-order chi connectivity index (χ1) is 17.0. The number of hydrogen-bond donors (Lipinski definition) is 3. The van der Waals surface area contributed by atoms with E-state index in [1.165, 1.54) is 12.8 Å². The van der Waals surface area contributed by atoms with Crippen LogP contribution in [0, 0.1) is 12.8 Å². The third kappa shape index (κ3) is 4.80. The first-order valence-corrected chi connectivity index (χ1v) is 12.9. The summed E-state index contributed by atoms with van der Waals surface area (Å²) in [6, 6.07) is 8.14. The van der Waals surface area contributed by atoms with Crippen molar-refractivity contribution in [2.75, 3.05) is 11.9 Å². The lowest BCUT2D eigenvalue weighted by molar-refractivity contribution is 0.0950. The number of carbonyl (C=O) groups excluding carboxylic acids is 1. The molecule has 1 aromatic carbocycles. The molecule has 3 saturated carbocycles. The van der Waals surface area contributed by atoms with Crippen molar-refractivity contribution in [3.05, 3.63) is 41.6 Å². The standard InChI is InChI=1S/C27H32N6O2/c1-16-12-18(8-11-20(16)27(35)30-19-9-10-19)21-15-29-33-25(28-14-17-6-7-17)13-24(32-26(21)33)31-22-4-2-3-5-23(22)34/h8,11-13,15,17,19,23,28,34H,2-7,9-10,14H2,1H3,(H,30,35)/b31-22+/t23-/m1/s1. The smallest absolute Gasteiger partial charge is 0.251 e. The number of rotatable bonds is 7. The molecular formula is C27H32N6O2. The van der Waals surface area contributed by atoms with Crippen LogP contribution in [0.2, 0.25) is 0 Å². The maximum Gasteiger partial charge on any atom is 0.251 e. The maximum atomic E-state index is 12.6. The molecule has 1 atom stereocenters. The van der Waals surface area contributed by atoms with Crippen LogP contribution in [-0.2, 0) is 0 Å². The molecule has 0 unspecified atom stereocenters. The van der Waals surface area contributed by atoms with Crippen molar-refractivity contribution in [2.24, 2.45) is 10.9 Å². The number of fused-ring (bicyclic) bond motifs is 1. The summed E-state index contributed by atoms with van der Waals surface area (Å²) >= 11 is 0. The third-order valence-corrected chi connectivity index (χ3v) is 7.22. The predicted octanol–water partition coefficient (Wildman–Crippen LogP) is 4.43. The molecule has 0 radical (unpaired) electrons. The SMILES string of the molecule is Cc1cc(-c2cnn3c(NCC4CC4)cc(/N=C4\CCCC[C@H]4O)nc23)ccc1C(=O)NC1CC1. The Morgan fingerprint density at radius 2 is 2.03 bits per heavy atom. The van der Waals surface area contributed by atoms with E-state index in [9.17, 15) is 9.90 Å². The average Bonchev–Trinajstić information content (AvgIpc) is 3.78. The highest BCUT2D eigenvalue weighted by Crippen LogP contribution is 2.32. The van der Waals surface area contributed by atoms with Crippen LogP contribution in [0.3, 0.4) is 0 Å². The lowest BCUT2D eigenvalue weighted by Crippen LogP contribution is -2.26. The van der Waals surface area contributed by atoms with E-state index >= 15 is 0 Å². The molecule has 35 heavy (non-hydrogen) atoms. The Bertz CT molecular complexity index is 1300. The van der Waals surface area contributed by atoms with E-state index in [1.807, 2.05) is 41.9 Å². The molecule has 2 aromatic heterocycles. The van der Waals surface area contributed by atoms with E-state index in [2.05, 4.69) is 15.7 Å². The number of anilines is 1. The van der Waals surface area contributed by atoms with Gasteiger partial charge in [0.1, 0.15) is 5.82 Å². The molecule has 6 rings (SSSR count). The Hall–Kier alpha value is -3.26. The van der Waals surface area contributed by atoms with Crippen LogP contribution in [0.1, 0.15) is 67.3 Å². The third-order valence-electron chi connectivity index (χ3n) is 7.22. The van der Waals surface area contributed by atoms with Gasteiger partial charge in [-0.05, 0) is 75.0 Å². The first kappa shape index (κ1) is 22.2. The summed E-state index contributed by atoms with van der Waals surface area (Å²) in [6.45, 7) is 2.87. The van der Waals surface area contributed by atoms with Gasteiger partial charge in [-0.3, -0.25) is 4.79 Å². The van der Waals surface area contributed by atoms with Gasteiger partial charge in [0.2, 0.25) is 0 Å². The van der Waals surface area contributed by atoms with Crippen molar-refractivity contribution in [3.8, 4) is 11.1 Å². The minimum absolute atomic E-state index is 0.00903. The number of benzene rings is 1. The van der Waals surface area contributed by atoms with Gasteiger partial charge in [0.25, 0.3) is 5.91 Å². The van der Waals surface area contributed by atoms with Gasteiger partial charge in [-0.1, -0.05) is 18.6 Å². The fraction of sp³-hybridized carbons (Fsp3) is 0.481. The normalized spacial score (nSPS) is 21.4. The molecule has 3 N–H and O–H groups in total. The van der Waals surface area contributed by atoms with Gasteiger partial charge in [-0.25, -0.2) is 9.98 Å². The largest absolute Gasteiger partial charge is 0.387 e. The fourth-order valence-electron chi connectivity index (χ4n) is 4.74. The van der Waals surface area contributed by atoms with E-state index in [4.69, 9.17) is 9.98 Å². The molecule has 3 fully saturated rings. The van der Waals surface area contributed by atoms with Crippen molar-refractivity contribution in [3.63, 3.8) is 0 Å². The zero-order valence-electron chi connectivity index (χ0n) is 20.1. The molecule has 1 amide bonds. The van der Waals surface area contributed by atoms with E-state index in [-0.39, 0.29) is 5.91 Å². The van der Waals surface area contributed by atoms with Gasteiger partial charge in [0.15, 0.2) is 11.5 Å². The Labute approximate surface area is 204 Å². The summed E-state index contributed by atoms with van der Waals surface area (Å²) in [5.74, 6) is 2.14. The second-order valence-electron chi connectivity index (χ2n) is 10.3. The monoisotopic (exact) mass is 472 g/mol. The number of amides is 1. The van der Waals surface area contributed by atoms with Gasteiger partial charge >= 0.3 is 0 Å². The van der Waals surface area contributed by atoms with Crippen molar-refractivity contribution >= 4 is 28.9 Å². The molecule has 2 heterocycles. The topological polar surface area (TPSA) is 104 Å². The van der Waals surface area contributed by atoms with Crippen LogP contribution >= 0.6 is 0 Å². The molecule has 8 heteroatoms. The number of nitrogens with zero attached hydrogens (tertiary/aromatic N) is 4. The van der Waals surface area contributed by atoms with Crippen molar-refractivity contribution in [1.82, 2.24) is 19.9 Å². The quantitative estimate of drug-likeness (QED) is 0.472. The van der Waals surface area contributed by atoms with Gasteiger partial charge < -0.3 is 15.7 Å². The Kier molecular flexibility index (Phi) is 5.76. The van der Waals surface area contributed by atoms with E-state index < -0.39 is 6.10 Å². The molecule has 182 valence electrons. The summed E-state index contributed by atoms with van der Waals surface area (Å²) in [6.07, 6.45) is 9.61. The number of nitrogens with one attached hydrogen (secondary N) is 2. The summed E-state index contributed by atoms with van der Waals surface area (Å²) in [7, 11) is 0. The molecule has 3 aliphatic rings. The number of aliphatic hydroxyl groups is 1. The van der Waals surface area contributed by atoms with Crippen molar-refractivity contribution in [2.45, 2.75) is 70.4 Å². The highest BCUT2D eigenvalue weighted by Gasteiger charge is 2.25. The minimum Gasteiger partial charge on any atom is -0.387 e. The molecule has 8 nitrogen and oxygen atoms in total. The maximum absolute atomic E-state index is 12.6. The van der Waals surface area contributed by atoms with Gasteiger partial charge in [0.05, 0.1) is 12.3 Å². The van der Waals surface area contributed by atoms with E-state index in [1.54, 1.807) is 0 Å². The van der Waals surface area contributed by atoms with Crippen LogP contribution in [-0.4, -0.2) is 50.0 Å². The highest BCUT2D eigenvalue weighted by atomic mass is 16.3. The minimum atomic E-state index is -0.494. The van der Waals surface area contributed by atoms with Crippen LogP contribution in [0.25, 0.3) is 16.8 Å². The van der Waals surface area contributed by atoms with Gasteiger partial charge in [0, 0.05) is 35.5 Å². The molecule has 0 bridgehead atoms. The number of hydrogen-bond acceptors (Lipinski definition) is 6. The predicted molar refractivity (Wildman–Crippen MR) is 136 cm³/mol. The Morgan fingerprint density at radius 1 is 1.17 bits per heavy atom. The van der Waals surface area contributed by atoms with E-state index in [0.29, 0.717) is 29.0 Å². The Balaban J connectivity index is 1.38. The summed E-state index contributed by atoms with van der Waals surface area (Å²) in [4.78, 5) is 22.2. The second-order valence-corrected chi connectivity index (χ2v) is 10.3. The molecule has 3 aliphatic carbocycles. The number of carbonyl (C=O) groups is 1. The lowest BCUT2D eigenvalue weighted by atomic mass is 9.95. The van der Waals surface area contributed by atoms with Crippen LogP contribution in [0.4, 0.5) is 11.6 Å². The van der Waals surface area contributed by atoms with Crippen LogP contribution in [0.15, 0.2) is 35.5 Å². The number of aliphatic hydroxyl groups excluding tert-OH is 1. The zero-order valence-corrected chi connectivity index (χ0v) is 20.1. The first-order valence-electron chi connectivity index (χ1n) is 12.9. The number of aromatic nitrogens is 3. The van der Waals surface area contributed by atoms with Crippen molar-refractivity contribution in [1.29, 1.82) is 0 Å².